The topological polar surface area (TPSA) is 120 Å². The van der Waals surface area contributed by atoms with Crippen LogP contribution >= 0.6 is 0 Å². The molecule has 1 heterocycles. The minimum Gasteiger partial charge on any atom is -0.439 e. The molecule has 0 aliphatic heterocycles. The van der Waals surface area contributed by atoms with Crippen LogP contribution in [-0.2, 0) is 4.79 Å². The van der Waals surface area contributed by atoms with Gasteiger partial charge in [0.25, 0.3) is 0 Å². The van der Waals surface area contributed by atoms with E-state index in [1.165, 1.54) is 6.20 Å². The number of amides is 2. The molecule has 0 unspecified atom stereocenters. The second-order valence-electron chi connectivity index (χ2n) is 6.55. The van der Waals surface area contributed by atoms with Gasteiger partial charge in [-0.25, -0.2) is 4.98 Å². The van der Waals surface area contributed by atoms with E-state index in [9.17, 15) is 9.59 Å². The van der Waals surface area contributed by atoms with E-state index >= 15 is 0 Å². The maximum Gasteiger partial charge on any atom is 0.248 e. The maximum atomic E-state index is 12.4. The van der Waals surface area contributed by atoms with Crippen molar-refractivity contribution in [3.63, 3.8) is 0 Å². The molecule has 0 spiro atoms. The van der Waals surface area contributed by atoms with E-state index in [1.54, 1.807) is 36.4 Å². The molecule has 1 saturated carbocycles. The first-order chi connectivity index (χ1) is 12.5. The first-order valence-corrected chi connectivity index (χ1v) is 8.60. The SMILES string of the molecule is NC(=O)c1cccc(Oc2ccc(NC(=O)C3(N)CCCCC3)cn2)c1. The number of aromatic nitrogens is 1. The average Bonchev–Trinajstić information content (AvgIpc) is 2.64. The van der Waals surface area contributed by atoms with Crippen LogP contribution in [0, 0.1) is 0 Å². The van der Waals surface area contributed by atoms with Crippen LogP contribution in [-0.4, -0.2) is 22.3 Å². The molecule has 1 aromatic heterocycles. The molecule has 2 aromatic rings. The summed E-state index contributed by atoms with van der Waals surface area (Å²) in [7, 11) is 0. The highest BCUT2D eigenvalue weighted by Gasteiger charge is 2.35. The van der Waals surface area contributed by atoms with Gasteiger partial charge in [0.05, 0.1) is 17.4 Å². The lowest BCUT2D eigenvalue weighted by Gasteiger charge is -2.31. The Labute approximate surface area is 151 Å². The smallest absolute Gasteiger partial charge is 0.248 e. The molecule has 26 heavy (non-hydrogen) atoms. The number of nitrogens with zero attached hydrogens (tertiary/aromatic N) is 1. The zero-order valence-electron chi connectivity index (χ0n) is 14.4. The van der Waals surface area contributed by atoms with Gasteiger partial charge in [-0.05, 0) is 37.1 Å². The standard InChI is InChI=1S/C19H22N4O3/c20-17(24)13-5-4-6-15(11-13)26-16-8-7-14(12-22-16)23-18(25)19(21)9-2-1-3-10-19/h4-8,11-12H,1-3,9-10,21H2,(H2,20,24)(H,23,25). The van der Waals surface area contributed by atoms with E-state index < -0.39 is 11.4 Å². The van der Waals surface area contributed by atoms with E-state index in [2.05, 4.69) is 10.3 Å². The summed E-state index contributed by atoms with van der Waals surface area (Å²) in [5.74, 6) is 0.0835. The summed E-state index contributed by atoms with van der Waals surface area (Å²) >= 11 is 0. The van der Waals surface area contributed by atoms with Crippen molar-refractivity contribution in [2.24, 2.45) is 11.5 Å². The molecule has 0 bridgehead atoms. The lowest BCUT2D eigenvalue weighted by molar-refractivity contribution is -0.122. The van der Waals surface area contributed by atoms with Crippen LogP contribution in [0.5, 0.6) is 11.6 Å². The van der Waals surface area contributed by atoms with Crippen molar-refractivity contribution in [1.82, 2.24) is 4.98 Å². The Balaban J connectivity index is 1.64. The van der Waals surface area contributed by atoms with E-state index in [1.807, 2.05) is 0 Å². The van der Waals surface area contributed by atoms with Crippen molar-refractivity contribution in [1.29, 1.82) is 0 Å². The Morgan fingerprint density at radius 3 is 2.54 bits per heavy atom. The second-order valence-corrected chi connectivity index (χ2v) is 6.55. The fourth-order valence-corrected chi connectivity index (χ4v) is 3.01. The van der Waals surface area contributed by atoms with Crippen molar-refractivity contribution < 1.29 is 14.3 Å². The van der Waals surface area contributed by atoms with Gasteiger partial charge in [-0.2, -0.15) is 0 Å². The first kappa shape index (κ1) is 17.9. The van der Waals surface area contributed by atoms with Crippen molar-refractivity contribution in [3.05, 3.63) is 48.2 Å². The number of rotatable bonds is 5. The Morgan fingerprint density at radius 2 is 1.88 bits per heavy atom. The average molecular weight is 354 g/mol. The quantitative estimate of drug-likeness (QED) is 0.762. The molecule has 0 radical (unpaired) electrons. The van der Waals surface area contributed by atoms with E-state index in [0.29, 0.717) is 35.7 Å². The predicted octanol–water partition coefficient (Wildman–Crippen LogP) is 2.57. The van der Waals surface area contributed by atoms with Crippen LogP contribution in [0.4, 0.5) is 5.69 Å². The Bertz CT molecular complexity index is 799. The van der Waals surface area contributed by atoms with Crippen LogP contribution in [0.15, 0.2) is 42.6 Å². The molecule has 3 rings (SSSR count). The molecule has 1 fully saturated rings. The molecule has 2 amide bonds. The van der Waals surface area contributed by atoms with E-state index in [-0.39, 0.29) is 5.91 Å². The van der Waals surface area contributed by atoms with Gasteiger partial charge in [0.15, 0.2) is 0 Å². The van der Waals surface area contributed by atoms with Crippen molar-refractivity contribution in [2.45, 2.75) is 37.6 Å². The van der Waals surface area contributed by atoms with E-state index in [4.69, 9.17) is 16.2 Å². The summed E-state index contributed by atoms with van der Waals surface area (Å²) in [5, 5.41) is 2.82. The monoisotopic (exact) mass is 354 g/mol. The van der Waals surface area contributed by atoms with Gasteiger partial charge in [-0.1, -0.05) is 25.3 Å². The lowest BCUT2D eigenvalue weighted by Crippen LogP contribution is -2.52. The van der Waals surface area contributed by atoms with Gasteiger partial charge < -0.3 is 21.5 Å². The van der Waals surface area contributed by atoms with Crippen LogP contribution < -0.4 is 21.5 Å². The summed E-state index contributed by atoms with van der Waals surface area (Å²) in [6.07, 6.45) is 5.97. The summed E-state index contributed by atoms with van der Waals surface area (Å²) in [6, 6.07) is 9.86. The minimum atomic E-state index is -0.803. The van der Waals surface area contributed by atoms with Gasteiger partial charge in [-0.15, -0.1) is 0 Å². The molecule has 1 aliphatic carbocycles. The normalized spacial score (nSPS) is 15.9. The summed E-state index contributed by atoms with van der Waals surface area (Å²) in [5.41, 5.74) is 11.6. The molecular weight excluding hydrogens is 332 g/mol. The van der Waals surface area contributed by atoms with Crippen LogP contribution in [0.1, 0.15) is 42.5 Å². The largest absolute Gasteiger partial charge is 0.439 e. The number of ether oxygens (including phenoxy) is 1. The number of carbonyl (C=O) groups is 2. The maximum absolute atomic E-state index is 12.4. The number of carbonyl (C=O) groups excluding carboxylic acids is 2. The minimum absolute atomic E-state index is 0.179. The molecule has 136 valence electrons. The van der Waals surface area contributed by atoms with Crippen LogP contribution in [0.3, 0.4) is 0 Å². The fraction of sp³-hybridized carbons (Fsp3) is 0.316. The molecular formula is C19H22N4O3. The van der Waals surface area contributed by atoms with E-state index in [0.717, 1.165) is 19.3 Å². The second kappa shape index (κ2) is 7.53. The molecule has 0 saturated heterocycles. The highest BCUT2D eigenvalue weighted by Crippen LogP contribution is 2.27. The third-order valence-electron chi connectivity index (χ3n) is 4.53. The van der Waals surface area contributed by atoms with Crippen molar-refractivity contribution >= 4 is 17.5 Å². The highest BCUT2D eigenvalue weighted by molar-refractivity contribution is 5.97. The zero-order chi connectivity index (χ0) is 18.6. The summed E-state index contributed by atoms with van der Waals surface area (Å²) < 4.78 is 5.61. The number of nitrogens with two attached hydrogens (primary N) is 2. The molecule has 7 nitrogen and oxygen atoms in total. The number of pyridine rings is 1. The van der Waals surface area contributed by atoms with Gasteiger partial charge in [0, 0.05) is 11.6 Å². The predicted molar refractivity (Wildman–Crippen MR) is 97.9 cm³/mol. The Kier molecular flexibility index (Phi) is 5.18. The Morgan fingerprint density at radius 1 is 1.12 bits per heavy atom. The third-order valence-corrected chi connectivity index (χ3v) is 4.53. The summed E-state index contributed by atoms with van der Waals surface area (Å²) in [6.45, 7) is 0. The van der Waals surface area contributed by atoms with Crippen molar-refractivity contribution in [2.75, 3.05) is 5.32 Å². The highest BCUT2D eigenvalue weighted by atomic mass is 16.5. The third kappa shape index (κ3) is 4.18. The molecule has 0 atom stereocenters. The fourth-order valence-electron chi connectivity index (χ4n) is 3.01. The first-order valence-electron chi connectivity index (χ1n) is 8.60. The molecule has 5 N–H and O–H groups in total. The molecule has 1 aliphatic rings. The van der Waals surface area contributed by atoms with Gasteiger partial charge in [0.2, 0.25) is 17.7 Å². The van der Waals surface area contributed by atoms with Crippen LogP contribution in [0.25, 0.3) is 0 Å². The number of hydrogen-bond donors (Lipinski definition) is 3. The van der Waals surface area contributed by atoms with Gasteiger partial charge >= 0.3 is 0 Å². The zero-order valence-corrected chi connectivity index (χ0v) is 14.4. The lowest BCUT2D eigenvalue weighted by atomic mass is 9.82. The Hall–Kier alpha value is -2.93. The van der Waals surface area contributed by atoms with Crippen LogP contribution in [0.2, 0.25) is 0 Å². The number of anilines is 1. The molecule has 7 heteroatoms. The van der Waals surface area contributed by atoms with Gasteiger partial charge in [0.1, 0.15) is 5.75 Å². The summed E-state index contributed by atoms with van der Waals surface area (Å²) in [4.78, 5) is 27.8. The number of hydrogen-bond acceptors (Lipinski definition) is 5. The molecule has 1 aromatic carbocycles. The van der Waals surface area contributed by atoms with Gasteiger partial charge in [-0.3, -0.25) is 9.59 Å². The van der Waals surface area contributed by atoms with Crippen molar-refractivity contribution in [3.8, 4) is 11.6 Å². The number of benzene rings is 1. The number of primary amides is 1. The number of nitrogens with one attached hydrogen (secondary N) is 1.